The molecule has 1 aromatic carbocycles. The predicted octanol–water partition coefficient (Wildman–Crippen LogP) is 2.13. The first-order valence-electron chi connectivity index (χ1n) is 8.76. The Morgan fingerprint density at radius 3 is 2.62 bits per heavy atom. The van der Waals surface area contributed by atoms with E-state index in [-0.39, 0.29) is 23.7 Å². The highest BCUT2D eigenvalue weighted by Crippen LogP contribution is 2.29. The Balaban J connectivity index is 1.50. The first-order valence-corrected chi connectivity index (χ1v) is 8.76. The lowest BCUT2D eigenvalue weighted by Crippen LogP contribution is -2.37. The van der Waals surface area contributed by atoms with Crippen LogP contribution >= 0.6 is 0 Å². The van der Waals surface area contributed by atoms with Crippen LogP contribution < -0.4 is 10.1 Å². The Morgan fingerprint density at radius 1 is 1.27 bits per heavy atom. The van der Waals surface area contributed by atoms with Gasteiger partial charge < -0.3 is 15.2 Å². The topological polar surface area (TPSA) is 84.3 Å². The zero-order valence-corrected chi connectivity index (χ0v) is 14.6. The minimum absolute atomic E-state index is 0.0970. The molecule has 1 fully saturated rings. The number of ether oxygens (including phenoxy) is 1. The number of aliphatic hydroxyl groups excluding tert-OH is 1. The van der Waals surface area contributed by atoms with Crippen molar-refractivity contribution >= 4 is 5.91 Å². The normalized spacial score (nSPS) is 22.2. The second-order valence-corrected chi connectivity index (χ2v) is 6.39. The van der Waals surface area contributed by atoms with Gasteiger partial charge in [-0.15, -0.1) is 0 Å². The molecular formula is C19H22FN3O3. The molecule has 1 amide bonds. The van der Waals surface area contributed by atoms with E-state index < -0.39 is 6.10 Å². The van der Waals surface area contributed by atoms with E-state index in [0.29, 0.717) is 36.5 Å². The van der Waals surface area contributed by atoms with Crippen LogP contribution in [0.5, 0.6) is 5.75 Å². The molecule has 1 aliphatic carbocycles. The fourth-order valence-electron chi connectivity index (χ4n) is 3.04. The van der Waals surface area contributed by atoms with Crippen LogP contribution in [0.2, 0.25) is 0 Å². The van der Waals surface area contributed by atoms with E-state index in [1.807, 2.05) is 6.92 Å². The summed E-state index contributed by atoms with van der Waals surface area (Å²) in [6.45, 7) is 2.29. The van der Waals surface area contributed by atoms with Gasteiger partial charge >= 0.3 is 0 Å². The van der Waals surface area contributed by atoms with E-state index in [0.717, 1.165) is 6.42 Å². The van der Waals surface area contributed by atoms with E-state index in [9.17, 15) is 14.3 Å². The van der Waals surface area contributed by atoms with Crippen LogP contribution in [0.25, 0.3) is 0 Å². The maximum absolute atomic E-state index is 12.9. The van der Waals surface area contributed by atoms with E-state index in [1.165, 1.54) is 36.7 Å². The second kappa shape index (κ2) is 8.23. The number of aromatic nitrogens is 2. The molecule has 0 bridgehead atoms. The number of carbonyl (C=O) groups is 1. The van der Waals surface area contributed by atoms with Gasteiger partial charge in [0.25, 0.3) is 5.91 Å². The fraction of sp³-hybridized carbons (Fsp3) is 0.421. The average molecular weight is 359 g/mol. The summed E-state index contributed by atoms with van der Waals surface area (Å²) in [6.07, 6.45) is 4.07. The molecule has 0 unspecified atom stereocenters. The monoisotopic (exact) mass is 359 g/mol. The largest absolute Gasteiger partial charge is 0.488 e. The van der Waals surface area contributed by atoms with Gasteiger partial charge in [-0.05, 0) is 37.1 Å². The minimum Gasteiger partial charge on any atom is -0.488 e. The molecule has 1 saturated carbocycles. The predicted molar refractivity (Wildman–Crippen MR) is 93.3 cm³/mol. The molecule has 1 aliphatic rings. The molecular weight excluding hydrogens is 337 g/mol. The number of aliphatic hydroxyl groups is 1. The number of hydrogen-bond acceptors (Lipinski definition) is 5. The fourth-order valence-corrected chi connectivity index (χ4v) is 3.04. The maximum Gasteiger partial charge on any atom is 0.254 e. The summed E-state index contributed by atoms with van der Waals surface area (Å²) in [5.74, 6) is 0.519. The highest BCUT2D eigenvalue weighted by Gasteiger charge is 2.36. The summed E-state index contributed by atoms with van der Waals surface area (Å²) in [7, 11) is 0. The Morgan fingerprint density at radius 2 is 1.96 bits per heavy atom. The lowest BCUT2D eigenvalue weighted by molar-refractivity contribution is 0.0348. The van der Waals surface area contributed by atoms with Crippen LogP contribution in [0.3, 0.4) is 0 Å². The number of hydrogen-bond donors (Lipinski definition) is 2. The van der Waals surface area contributed by atoms with Crippen molar-refractivity contribution in [1.29, 1.82) is 0 Å². The van der Waals surface area contributed by atoms with E-state index in [2.05, 4.69) is 15.3 Å². The third-order valence-electron chi connectivity index (χ3n) is 4.60. The highest BCUT2D eigenvalue weighted by atomic mass is 19.1. The maximum atomic E-state index is 12.9. The van der Waals surface area contributed by atoms with Crippen molar-refractivity contribution in [1.82, 2.24) is 15.3 Å². The molecule has 3 rings (SSSR count). The van der Waals surface area contributed by atoms with Crippen LogP contribution in [0.15, 0.2) is 36.7 Å². The van der Waals surface area contributed by atoms with Crippen LogP contribution in [-0.2, 0) is 6.42 Å². The van der Waals surface area contributed by atoms with Crippen LogP contribution in [0, 0.1) is 11.7 Å². The lowest BCUT2D eigenvalue weighted by Gasteiger charge is -2.21. The highest BCUT2D eigenvalue weighted by molar-refractivity contribution is 5.93. The third kappa shape index (κ3) is 4.35. The Labute approximate surface area is 151 Å². The molecule has 6 nitrogen and oxygen atoms in total. The van der Waals surface area contributed by atoms with Gasteiger partial charge in [0.05, 0.1) is 11.7 Å². The van der Waals surface area contributed by atoms with Crippen molar-refractivity contribution in [3.8, 4) is 5.75 Å². The molecule has 3 atom stereocenters. The SMILES string of the molecule is CCc1ncc(C(=O)NC[C@H]2CC[C@@H](Oc3ccc(F)cc3)[C@@H]2O)cn1. The molecule has 0 aliphatic heterocycles. The molecule has 2 N–H and O–H groups in total. The van der Waals surface area contributed by atoms with E-state index in [1.54, 1.807) is 0 Å². The van der Waals surface area contributed by atoms with E-state index >= 15 is 0 Å². The van der Waals surface area contributed by atoms with Crippen LogP contribution in [-0.4, -0.2) is 39.7 Å². The van der Waals surface area contributed by atoms with Gasteiger partial charge in [0.15, 0.2) is 0 Å². The molecule has 138 valence electrons. The Kier molecular flexibility index (Phi) is 5.78. The number of nitrogens with one attached hydrogen (secondary N) is 1. The molecule has 0 saturated heterocycles. The molecule has 26 heavy (non-hydrogen) atoms. The minimum atomic E-state index is -0.695. The van der Waals surface area contributed by atoms with Crippen molar-refractivity contribution in [2.45, 2.75) is 38.4 Å². The lowest BCUT2D eigenvalue weighted by atomic mass is 10.1. The summed E-state index contributed by atoms with van der Waals surface area (Å²) >= 11 is 0. The molecule has 7 heteroatoms. The van der Waals surface area contributed by atoms with Gasteiger partial charge in [-0.1, -0.05) is 6.92 Å². The number of halogens is 1. The number of amides is 1. The molecule has 1 heterocycles. The van der Waals surface area contributed by atoms with Crippen molar-refractivity contribution in [2.75, 3.05) is 6.54 Å². The summed E-state index contributed by atoms with van der Waals surface area (Å²) in [5, 5.41) is 13.3. The van der Waals surface area contributed by atoms with Gasteiger partial charge in [-0.3, -0.25) is 4.79 Å². The number of rotatable bonds is 6. The van der Waals surface area contributed by atoms with Crippen molar-refractivity contribution in [3.05, 3.63) is 53.9 Å². The molecule has 2 aromatic rings. The standard InChI is InChI=1S/C19H22FN3O3/c1-2-17-21-10-13(11-22-17)19(25)23-9-12-3-8-16(18(12)24)26-15-6-4-14(20)5-7-15/h4-7,10-12,16,18,24H,2-3,8-9H2,1H3,(H,23,25)/t12-,16-,18-/m1/s1. The van der Waals surface area contributed by atoms with Crippen molar-refractivity contribution < 1.29 is 19.0 Å². The molecule has 0 spiro atoms. The summed E-state index contributed by atoms with van der Waals surface area (Å²) in [5.41, 5.74) is 0.397. The summed E-state index contributed by atoms with van der Waals surface area (Å²) in [4.78, 5) is 20.4. The smallest absolute Gasteiger partial charge is 0.254 e. The van der Waals surface area contributed by atoms with Gasteiger partial charge in [0.2, 0.25) is 0 Å². The van der Waals surface area contributed by atoms with Gasteiger partial charge in [-0.25, -0.2) is 14.4 Å². The first kappa shape index (κ1) is 18.3. The zero-order chi connectivity index (χ0) is 18.5. The number of benzene rings is 1. The van der Waals surface area contributed by atoms with Gasteiger partial charge in [0.1, 0.15) is 23.5 Å². The first-order chi connectivity index (χ1) is 12.6. The Bertz CT molecular complexity index is 737. The van der Waals surface area contributed by atoms with Crippen molar-refractivity contribution in [3.63, 3.8) is 0 Å². The number of aryl methyl sites for hydroxylation is 1. The quantitative estimate of drug-likeness (QED) is 0.825. The van der Waals surface area contributed by atoms with Gasteiger partial charge in [-0.2, -0.15) is 0 Å². The molecule has 1 aromatic heterocycles. The Hall–Kier alpha value is -2.54. The second-order valence-electron chi connectivity index (χ2n) is 6.39. The summed E-state index contributed by atoms with van der Waals surface area (Å²) < 4.78 is 18.7. The zero-order valence-electron chi connectivity index (χ0n) is 14.6. The average Bonchev–Trinajstić information content (AvgIpc) is 3.01. The number of carbonyl (C=O) groups excluding carboxylic acids is 1. The van der Waals surface area contributed by atoms with E-state index in [4.69, 9.17) is 4.74 Å². The number of nitrogens with zero attached hydrogens (tertiary/aromatic N) is 2. The van der Waals surface area contributed by atoms with Crippen LogP contribution in [0.1, 0.15) is 35.9 Å². The summed E-state index contributed by atoms with van der Waals surface area (Å²) in [6, 6.07) is 5.72. The van der Waals surface area contributed by atoms with Crippen molar-refractivity contribution in [2.24, 2.45) is 5.92 Å². The van der Waals surface area contributed by atoms with Gasteiger partial charge in [0, 0.05) is 31.3 Å². The van der Waals surface area contributed by atoms with Crippen LogP contribution in [0.4, 0.5) is 4.39 Å². The molecule has 0 radical (unpaired) electrons. The third-order valence-corrected chi connectivity index (χ3v) is 4.60.